The maximum Gasteiger partial charge on any atom is 0.219 e. The number of amides is 1. The van der Waals surface area contributed by atoms with E-state index in [1.165, 1.54) is 5.69 Å². The summed E-state index contributed by atoms with van der Waals surface area (Å²) in [6, 6.07) is 7.98. The minimum Gasteiger partial charge on any atom is -0.497 e. The summed E-state index contributed by atoms with van der Waals surface area (Å²) < 4.78 is 19.6. The van der Waals surface area contributed by atoms with E-state index in [-0.39, 0.29) is 18.1 Å². The Hall–Kier alpha value is -3.39. The van der Waals surface area contributed by atoms with E-state index in [4.69, 9.17) is 24.3 Å². The first-order valence-corrected chi connectivity index (χ1v) is 12.3. The zero-order valence-corrected chi connectivity index (χ0v) is 20.1. The number of hydrogen-bond acceptors (Lipinski definition) is 6. The number of allylic oxidation sites excluding steroid dienone is 2. The Morgan fingerprint density at radius 3 is 2.71 bits per heavy atom. The molecular weight excluding hydrogens is 444 g/mol. The summed E-state index contributed by atoms with van der Waals surface area (Å²) in [5, 5.41) is 5.19. The number of hydrogen-bond donors (Lipinski definition) is 0. The molecule has 0 bridgehead atoms. The van der Waals surface area contributed by atoms with Crippen LogP contribution >= 0.6 is 0 Å². The smallest absolute Gasteiger partial charge is 0.219 e. The first-order chi connectivity index (χ1) is 17.1. The zero-order chi connectivity index (χ0) is 23.9. The third-order valence-electron chi connectivity index (χ3n) is 7.38. The van der Waals surface area contributed by atoms with Crippen LogP contribution in [0.4, 0.5) is 0 Å². The molecule has 4 aliphatic rings. The number of carbonyl (C=O) groups is 1. The quantitative estimate of drug-likeness (QED) is 0.680. The van der Waals surface area contributed by atoms with Crippen molar-refractivity contribution in [1.82, 2.24) is 14.7 Å². The fourth-order valence-corrected chi connectivity index (χ4v) is 5.45. The van der Waals surface area contributed by atoms with Gasteiger partial charge in [-0.05, 0) is 37.1 Å². The number of methoxy groups -OCH3 is 1. The first kappa shape index (κ1) is 22.1. The predicted molar refractivity (Wildman–Crippen MR) is 131 cm³/mol. The van der Waals surface area contributed by atoms with E-state index in [9.17, 15) is 4.79 Å². The van der Waals surface area contributed by atoms with Crippen LogP contribution in [0.2, 0.25) is 0 Å². The summed E-state index contributed by atoms with van der Waals surface area (Å²) in [6.07, 6.45) is 8.70. The largest absolute Gasteiger partial charge is 0.497 e. The highest BCUT2D eigenvalue weighted by molar-refractivity contribution is 5.97. The van der Waals surface area contributed by atoms with Crippen molar-refractivity contribution in [2.24, 2.45) is 4.99 Å². The van der Waals surface area contributed by atoms with Gasteiger partial charge in [-0.3, -0.25) is 9.48 Å². The van der Waals surface area contributed by atoms with Gasteiger partial charge in [-0.1, -0.05) is 18.2 Å². The van der Waals surface area contributed by atoms with Crippen molar-refractivity contribution in [1.29, 1.82) is 0 Å². The van der Waals surface area contributed by atoms with Crippen LogP contribution in [0.3, 0.4) is 0 Å². The van der Waals surface area contributed by atoms with Crippen LogP contribution < -0.4 is 4.74 Å². The second-order valence-corrected chi connectivity index (χ2v) is 9.45. The summed E-state index contributed by atoms with van der Waals surface area (Å²) in [7, 11) is 1.66. The van der Waals surface area contributed by atoms with Crippen LogP contribution in [0.1, 0.15) is 48.3 Å². The SMILES string of the molecule is COc1ccc(C2=NC3C=CC=C(c4nn(C5CCOCC5)c5c4CN(C(C)=O)CC5)C3O2)cc1. The molecule has 8 nitrogen and oxygen atoms in total. The number of benzene rings is 1. The van der Waals surface area contributed by atoms with Gasteiger partial charge in [0.25, 0.3) is 0 Å². The van der Waals surface area contributed by atoms with E-state index >= 15 is 0 Å². The third-order valence-corrected chi connectivity index (χ3v) is 7.38. The molecule has 1 fully saturated rings. The van der Waals surface area contributed by atoms with Gasteiger partial charge in [0.2, 0.25) is 11.8 Å². The molecule has 1 aliphatic carbocycles. The normalized spacial score (nSPS) is 23.8. The topological polar surface area (TPSA) is 78.2 Å². The van der Waals surface area contributed by atoms with E-state index < -0.39 is 0 Å². The average Bonchev–Trinajstić information content (AvgIpc) is 3.51. The highest BCUT2D eigenvalue weighted by Gasteiger charge is 2.39. The number of fused-ring (bicyclic) bond motifs is 2. The van der Waals surface area contributed by atoms with Crippen LogP contribution in [0, 0.1) is 0 Å². The molecule has 0 N–H and O–H groups in total. The fourth-order valence-electron chi connectivity index (χ4n) is 5.45. The molecule has 2 atom stereocenters. The van der Waals surface area contributed by atoms with Crippen LogP contribution in [-0.4, -0.2) is 65.5 Å². The molecule has 2 unspecified atom stereocenters. The molecule has 1 aromatic carbocycles. The summed E-state index contributed by atoms with van der Waals surface area (Å²) in [5.74, 6) is 1.52. The van der Waals surface area contributed by atoms with E-state index in [0.717, 1.165) is 67.2 Å². The van der Waals surface area contributed by atoms with E-state index in [2.05, 4.69) is 16.8 Å². The lowest BCUT2D eigenvalue weighted by Crippen LogP contribution is -2.35. The minimum atomic E-state index is -0.244. The van der Waals surface area contributed by atoms with E-state index in [1.54, 1.807) is 14.0 Å². The number of ether oxygens (including phenoxy) is 3. The Morgan fingerprint density at radius 2 is 1.97 bits per heavy atom. The third kappa shape index (κ3) is 3.95. The van der Waals surface area contributed by atoms with Gasteiger partial charge in [-0.2, -0.15) is 5.10 Å². The lowest BCUT2D eigenvalue weighted by atomic mass is 9.91. The fraction of sp³-hybridized carbons (Fsp3) is 0.444. The highest BCUT2D eigenvalue weighted by atomic mass is 16.5. The van der Waals surface area contributed by atoms with Crippen LogP contribution in [-0.2, 0) is 27.2 Å². The molecule has 1 saturated heterocycles. The number of aliphatic imine (C=N–C) groups is 1. The summed E-state index contributed by atoms with van der Waals surface area (Å²) in [6.45, 7) is 4.46. The molecule has 182 valence electrons. The molecule has 1 amide bonds. The maximum absolute atomic E-state index is 12.2. The van der Waals surface area contributed by atoms with Crippen molar-refractivity contribution in [3.05, 3.63) is 65.0 Å². The molecular formula is C27H30N4O4. The Balaban J connectivity index is 1.35. The van der Waals surface area contributed by atoms with Crippen molar-refractivity contribution in [3.63, 3.8) is 0 Å². The molecule has 0 spiro atoms. The Labute approximate surface area is 204 Å². The van der Waals surface area contributed by atoms with Crippen LogP contribution in [0.15, 0.2) is 47.5 Å². The molecule has 0 saturated carbocycles. The van der Waals surface area contributed by atoms with Crippen molar-refractivity contribution in [2.75, 3.05) is 26.9 Å². The molecule has 4 heterocycles. The van der Waals surface area contributed by atoms with Gasteiger partial charge in [0.05, 0.1) is 18.8 Å². The van der Waals surface area contributed by atoms with Gasteiger partial charge in [-0.25, -0.2) is 4.99 Å². The van der Waals surface area contributed by atoms with Crippen LogP contribution in [0.25, 0.3) is 5.57 Å². The first-order valence-electron chi connectivity index (χ1n) is 12.3. The van der Waals surface area contributed by atoms with Crippen LogP contribution in [0.5, 0.6) is 5.75 Å². The molecule has 3 aliphatic heterocycles. The average molecular weight is 475 g/mol. The molecule has 1 aromatic heterocycles. The van der Waals surface area contributed by atoms with Crippen molar-refractivity contribution < 1.29 is 19.0 Å². The van der Waals surface area contributed by atoms with Gasteiger partial charge in [0, 0.05) is 62.0 Å². The zero-order valence-electron chi connectivity index (χ0n) is 20.1. The molecule has 6 rings (SSSR count). The molecule has 0 radical (unpaired) electrons. The maximum atomic E-state index is 12.2. The second-order valence-electron chi connectivity index (χ2n) is 9.45. The van der Waals surface area contributed by atoms with Gasteiger partial charge < -0.3 is 19.1 Å². The van der Waals surface area contributed by atoms with Crippen molar-refractivity contribution in [3.8, 4) is 5.75 Å². The van der Waals surface area contributed by atoms with Gasteiger partial charge >= 0.3 is 0 Å². The van der Waals surface area contributed by atoms with Gasteiger partial charge in [0.1, 0.15) is 11.8 Å². The van der Waals surface area contributed by atoms with E-state index in [0.29, 0.717) is 18.5 Å². The number of carbonyl (C=O) groups excluding carboxylic acids is 1. The Morgan fingerprint density at radius 1 is 1.17 bits per heavy atom. The van der Waals surface area contributed by atoms with Gasteiger partial charge in [-0.15, -0.1) is 0 Å². The standard InChI is InChI=1S/C27H30N4O4/c1-17(32)30-13-10-24-22(16-30)25(29-31(24)19-11-14-34-15-12-19)21-4-3-5-23-26(21)35-27(28-23)18-6-8-20(33-2)9-7-18/h3-9,19,23,26H,10-16H2,1-2H3. The second kappa shape index (κ2) is 9.00. The Bertz CT molecular complexity index is 1220. The van der Waals surface area contributed by atoms with Crippen molar-refractivity contribution in [2.45, 2.75) is 50.9 Å². The Kier molecular flexibility index (Phi) is 5.68. The summed E-state index contributed by atoms with van der Waals surface area (Å²) in [4.78, 5) is 19.0. The summed E-state index contributed by atoms with van der Waals surface area (Å²) >= 11 is 0. The van der Waals surface area contributed by atoms with Crippen molar-refractivity contribution >= 4 is 17.4 Å². The van der Waals surface area contributed by atoms with E-state index in [1.807, 2.05) is 35.2 Å². The number of aromatic nitrogens is 2. The minimum absolute atomic E-state index is 0.0954. The number of rotatable bonds is 4. The summed E-state index contributed by atoms with van der Waals surface area (Å²) in [5.41, 5.74) is 5.26. The predicted octanol–water partition coefficient (Wildman–Crippen LogP) is 3.32. The van der Waals surface area contributed by atoms with Gasteiger partial charge in [0.15, 0.2) is 6.10 Å². The molecule has 8 heteroatoms. The monoisotopic (exact) mass is 474 g/mol. The lowest BCUT2D eigenvalue weighted by molar-refractivity contribution is -0.129. The lowest BCUT2D eigenvalue weighted by Gasteiger charge is -2.29. The number of nitrogens with zero attached hydrogens (tertiary/aromatic N) is 4. The highest BCUT2D eigenvalue weighted by Crippen LogP contribution is 2.38. The molecule has 35 heavy (non-hydrogen) atoms. The molecule has 2 aromatic rings.